The Bertz CT molecular complexity index is 672. The van der Waals surface area contributed by atoms with Crippen molar-refractivity contribution in [3.05, 3.63) is 17.8 Å². The Kier molecular flexibility index (Phi) is 3.56. The largest absolute Gasteiger partial charge is 0.334 e. The van der Waals surface area contributed by atoms with Crippen molar-refractivity contribution in [2.45, 2.75) is 38.8 Å². The first-order valence-electron chi connectivity index (χ1n) is 5.94. The van der Waals surface area contributed by atoms with Crippen LogP contribution in [0, 0.1) is 6.92 Å². The lowest BCUT2D eigenvalue weighted by Gasteiger charge is -2.00. The van der Waals surface area contributed by atoms with E-state index in [4.69, 9.17) is 0 Å². The fourth-order valence-electron chi connectivity index (χ4n) is 1.60. The van der Waals surface area contributed by atoms with E-state index >= 15 is 0 Å². The Morgan fingerprint density at radius 2 is 2.11 bits per heavy atom. The quantitative estimate of drug-likeness (QED) is 0.840. The Morgan fingerprint density at radius 1 is 1.37 bits per heavy atom. The molecule has 0 aliphatic rings. The third-order valence-electron chi connectivity index (χ3n) is 2.66. The molecule has 0 aromatic carbocycles. The molecule has 0 saturated carbocycles. The second kappa shape index (κ2) is 5.00. The zero-order valence-corrected chi connectivity index (χ0v) is 11.8. The highest BCUT2D eigenvalue weighted by Crippen LogP contribution is 2.13. The Balaban J connectivity index is 2.26. The topological polar surface area (TPSA) is 106 Å². The molecule has 19 heavy (non-hydrogen) atoms. The van der Waals surface area contributed by atoms with Gasteiger partial charge in [-0.2, -0.15) is 13.4 Å². The highest BCUT2D eigenvalue weighted by atomic mass is 32.2. The monoisotopic (exact) mass is 284 g/mol. The maximum absolute atomic E-state index is 12.1. The maximum atomic E-state index is 12.1. The van der Waals surface area contributed by atoms with E-state index < -0.39 is 10.0 Å². The summed E-state index contributed by atoms with van der Waals surface area (Å²) in [4.78, 5) is 8.02. The summed E-state index contributed by atoms with van der Waals surface area (Å²) in [7, 11) is -3.75. The average Bonchev–Trinajstić information content (AvgIpc) is 2.95. The molecule has 0 bridgehead atoms. The normalized spacial score (nSPS) is 11.7. The Labute approximate surface area is 111 Å². The summed E-state index contributed by atoms with van der Waals surface area (Å²) >= 11 is 0. The molecule has 0 unspecified atom stereocenters. The number of aromatic amines is 1. The molecule has 0 amide bonds. The van der Waals surface area contributed by atoms with E-state index in [1.807, 2.05) is 13.8 Å². The van der Waals surface area contributed by atoms with Gasteiger partial charge in [0.05, 0.1) is 0 Å². The van der Waals surface area contributed by atoms with E-state index in [9.17, 15) is 8.42 Å². The zero-order chi connectivity index (χ0) is 14.0. The molecule has 2 aromatic heterocycles. The standard InChI is InChI=1S/C10H16N6O2S/c1-4-8-12-10(14-13-8)15-19(17,18)9-6-16(5-2)7(3)11-9/h6H,4-5H2,1-3H3,(H2,12,13,14,15). The summed E-state index contributed by atoms with van der Waals surface area (Å²) in [5.74, 6) is 1.29. The van der Waals surface area contributed by atoms with Gasteiger partial charge in [-0.3, -0.25) is 5.10 Å². The number of aryl methyl sites for hydroxylation is 3. The van der Waals surface area contributed by atoms with E-state index in [-0.39, 0.29) is 11.0 Å². The minimum atomic E-state index is -3.75. The van der Waals surface area contributed by atoms with Crippen molar-refractivity contribution in [2.75, 3.05) is 4.72 Å². The van der Waals surface area contributed by atoms with Gasteiger partial charge in [-0.15, -0.1) is 5.10 Å². The van der Waals surface area contributed by atoms with Crippen LogP contribution in [-0.2, 0) is 23.0 Å². The van der Waals surface area contributed by atoms with Crippen LogP contribution in [0.15, 0.2) is 11.2 Å². The molecule has 0 radical (unpaired) electrons. The number of anilines is 1. The number of imidazole rings is 1. The summed E-state index contributed by atoms with van der Waals surface area (Å²) in [6, 6.07) is 0. The number of nitrogens with one attached hydrogen (secondary N) is 2. The van der Waals surface area contributed by atoms with Gasteiger partial charge in [0.25, 0.3) is 16.0 Å². The Hall–Kier alpha value is -1.90. The van der Waals surface area contributed by atoms with E-state index in [0.717, 1.165) is 0 Å². The summed E-state index contributed by atoms with van der Waals surface area (Å²) in [6.07, 6.45) is 2.14. The lowest BCUT2D eigenvalue weighted by molar-refractivity contribution is 0.597. The van der Waals surface area contributed by atoms with Crippen molar-refractivity contribution in [3.8, 4) is 0 Å². The van der Waals surface area contributed by atoms with E-state index in [2.05, 4.69) is 24.9 Å². The molecule has 0 aliphatic carbocycles. The zero-order valence-electron chi connectivity index (χ0n) is 11.0. The highest BCUT2D eigenvalue weighted by Gasteiger charge is 2.20. The molecule has 2 rings (SSSR count). The smallest absolute Gasteiger partial charge is 0.283 e. The van der Waals surface area contributed by atoms with Gasteiger partial charge in [0.2, 0.25) is 0 Å². The maximum Gasteiger partial charge on any atom is 0.283 e. The summed E-state index contributed by atoms with van der Waals surface area (Å²) in [5, 5.41) is 6.40. The molecular formula is C10H16N6O2S. The van der Waals surface area contributed by atoms with Crippen molar-refractivity contribution in [2.24, 2.45) is 0 Å². The van der Waals surface area contributed by atoms with E-state index in [1.165, 1.54) is 6.20 Å². The number of H-pyrrole nitrogens is 1. The van der Waals surface area contributed by atoms with Crippen molar-refractivity contribution in [3.63, 3.8) is 0 Å². The van der Waals surface area contributed by atoms with Crippen molar-refractivity contribution in [1.82, 2.24) is 24.7 Å². The molecule has 0 atom stereocenters. The van der Waals surface area contributed by atoms with Crippen LogP contribution in [0.4, 0.5) is 5.95 Å². The third-order valence-corrected chi connectivity index (χ3v) is 3.86. The Morgan fingerprint density at radius 3 is 2.63 bits per heavy atom. The third kappa shape index (κ3) is 2.75. The molecule has 2 aromatic rings. The van der Waals surface area contributed by atoms with Gasteiger partial charge in [0.15, 0.2) is 5.03 Å². The number of nitrogens with zero attached hydrogens (tertiary/aromatic N) is 4. The van der Waals surface area contributed by atoms with Gasteiger partial charge < -0.3 is 4.57 Å². The van der Waals surface area contributed by atoms with Crippen LogP contribution < -0.4 is 4.72 Å². The number of hydrogen-bond donors (Lipinski definition) is 2. The van der Waals surface area contributed by atoms with Crippen molar-refractivity contribution < 1.29 is 8.42 Å². The second-order valence-electron chi connectivity index (χ2n) is 3.98. The van der Waals surface area contributed by atoms with Gasteiger partial charge in [-0.1, -0.05) is 6.92 Å². The molecule has 2 heterocycles. The molecular weight excluding hydrogens is 268 g/mol. The first-order valence-corrected chi connectivity index (χ1v) is 7.42. The first kappa shape index (κ1) is 13.5. The van der Waals surface area contributed by atoms with Crippen LogP contribution in [0.2, 0.25) is 0 Å². The molecule has 0 saturated heterocycles. The second-order valence-corrected chi connectivity index (χ2v) is 5.61. The summed E-state index contributed by atoms with van der Waals surface area (Å²) in [6.45, 7) is 6.23. The highest BCUT2D eigenvalue weighted by molar-refractivity contribution is 7.92. The SMILES string of the molecule is CCc1nc(NS(=O)(=O)c2cn(CC)c(C)n2)n[nH]1. The summed E-state index contributed by atoms with van der Waals surface area (Å²) in [5.41, 5.74) is 0. The van der Waals surface area contributed by atoms with Gasteiger partial charge in [-0.25, -0.2) is 9.71 Å². The van der Waals surface area contributed by atoms with Gasteiger partial charge in [0, 0.05) is 19.2 Å². The van der Waals surface area contributed by atoms with Crippen LogP contribution in [0.25, 0.3) is 0 Å². The molecule has 9 heteroatoms. The molecule has 8 nitrogen and oxygen atoms in total. The minimum Gasteiger partial charge on any atom is -0.334 e. The molecule has 0 aliphatic heterocycles. The molecule has 104 valence electrons. The first-order chi connectivity index (χ1) is 8.96. The minimum absolute atomic E-state index is 0.0283. The van der Waals surface area contributed by atoms with Crippen molar-refractivity contribution in [1.29, 1.82) is 0 Å². The molecule has 0 fully saturated rings. The lowest BCUT2D eigenvalue weighted by atomic mass is 10.5. The number of rotatable bonds is 5. The molecule has 0 spiro atoms. The van der Waals surface area contributed by atoms with Gasteiger partial charge >= 0.3 is 0 Å². The van der Waals surface area contributed by atoms with Crippen LogP contribution in [0.3, 0.4) is 0 Å². The fraction of sp³-hybridized carbons (Fsp3) is 0.500. The van der Waals surface area contributed by atoms with Crippen LogP contribution in [0.1, 0.15) is 25.5 Å². The number of aromatic nitrogens is 5. The predicted octanol–water partition coefficient (Wildman–Crippen LogP) is 0.693. The predicted molar refractivity (Wildman–Crippen MR) is 69.2 cm³/mol. The number of sulfonamides is 1. The van der Waals surface area contributed by atoms with Crippen LogP contribution in [-0.4, -0.2) is 33.2 Å². The fourth-order valence-corrected chi connectivity index (χ4v) is 2.55. The van der Waals surface area contributed by atoms with Crippen LogP contribution >= 0.6 is 0 Å². The van der Waals surface area contributed by atoms with E-state index in [0.29, 0.717) is 24.6 Å². The van der Waals surface area contributed by atoms with Crippen molar-refractivity contribution >= 4 is 16.0 Å². The van der Waals surface area contributed by atoms with Gasteiger partial charge in [0.1, 0.15) is 11.6 Å². The number of hydrogen-bond acceptors (Lipinski definition) is 5. The molecule has 2 N–H and O–H groups in total. The average molecular weight is 284 g/mol. The van der Waals surface area contributed by atoms with Crippen LogP contribution in [0.5, 0.6) is 0 Å². The van der Waals surface area contributed by atoms with E-state index in [1.54, 1.807) is 11.5 Å². The van der Waals surface area contributed by atoms with Gasteiger partial charge in [-0.05, 0) is 13.8 Å². The lowest BCUT2D eigenvalue weighted by Crippen LogP contribution is -2.14. The summed E-state index contributed by atoms with van der Waals surface area (Å²) < 4.78 is 28.3.